The van der Waals surface area contributed by atoms with Gasteiger partial charge in [0.05, 0.1) is 5.25 Å². The lowest BCUT2D eigenvalue weighted by atomic mass is 10.1. The molecule has 0 aromatic heterocycles. The fourth-order valence-electron chi connectivity index (χ4n) is 1.05. The standard InChI is InChI=1S/C12H14O2S/c1-9(2)12(13)14-8-11(15)10-6-4-3-5-7-10/h3-7,11,15H,1,8H2,2H3. The summed E-state index contributed by atoms with van der Waals surface area (Å²) in [5.41, 5.74) is 1.44. The van der Waals surface area contributed by atoms with Gasteiger partial charge >= 0.3 is 5.97 Å². The van der Waals surface area contributed by atoms with Gasteiger partial charge < -0.3 is 4.74 Å². The zero-order chi connectivity index (χ0) is 11.3. The van der Waals surface area contributed by atoms with Crippen molar-refractivity contribution in [3.05, 3.63) is 48.0 Å². The van der Waals surface area contributed by atoms with E-state index in [9.17, 15) is 4.79 Å². The third kappa shape index (κ3) is 3.80. The summed E-state index contributed by atoms with van der Waals surface area (Å²) in [6, 6.07) is 9.70. The van der Waals surface area contributed by atoms with Crippen LogP contribution in [0.1, 0.15) is 17.7 Å². The zero-order valence-electron chi connectivity index (χ0n) is 8.64. The molecule has 1 aromatic rings. The van der Waals surface area contributed by atoms with Crippen LogP contribution in [0.3, 0.4) is 0 Å². The molecular weight excluding hydrogens is 208 g/mol. The second kappa shape index (κ2) is 5.61. The van der Waals surface area contributed by atoms with Crippen LogP contribution in [0.4, 0.5) is 0 Å². The van der Waals surface area contributed by atoms with Crippen LogP contribution >= 0.6 is 12.6 Å². The van der Waals surface area contributed by atoms with E-state index in [0.717, 1.165) is 5.56 Å². The molecule has 0 spiro atoms. The van der Waals surface area contributed by atoms with Crippen molar-refractivity contribution in [2.24, 2.45) is 0 Å². The maximum Gasteiger partial charge on any atom is 0.333 e. The number of carbonyl (C=O) groups is 1. The third-order valence-corrected chi connectivity index (χ3v) is 2.35. The molecule has 3 heteroatoms. The minimum Gasteiger partial charge on any atom is -0.461 e. The van der Waals surface area contributed by atoms with E-state index in [1.54, 1.807) is 6.92 Å². The second-order valence-corrected chi connectivity index (χ2v) is 3.93. The van der Waals surface area contributed by atoms with E-state index in [2.05, 4.69) is 19.2 Å². The van der Waals surface area contributed by atoms with Crippen LogP contribution in [0.2, 0.25) is 0 Å². The molecule has 15 heavy (non-hydrogen) atoms. The van der Waals surface area contributed by atoms with Crippen LogP contribution in [0, 0.1) is 0 Å². The Balaban J connectivity index is 2.47. The van der Waals surface area contributed by atoms with Crippen molar-refractivity contribution in [1.82, 2.24) is 0 Å². The maximum atomic E-state index is 11.1. The quantitative estimate of drug-likeness (QED) is 0.481. The number of hydrogen-bond donors (Lipinski definition) is 1. The second-order valence-electron chi connectivity index (χ2n) is 3.31. The summed E-state index contributed by atoms with van der Waals surface area (Å²) in [5, 5.41) is -0.0884. The van der Waals surface area contributed by atoms with Gasteiger partial charge in [0.2, 0.25) is 0 Å². The highest BCUT2D eigenvalue weighted by molar-refractivity contribution is 7.80. The number of esters is 1. The molecule has 0 aliphatic rings. The normalized spacial score (nSPS) is 11.9. The molecule has 80 valence electrons. The smallest absolute Gasteiger partial charge is 0.333 e. The largest absolute Gasteiger partial charge is 0.461 e. The van der Waals surface area contributed by atoms with Crippen LogP contribution < -0.4 is 0 Å². The molecule has 1 unspecified atom stereocenters. The Labute approximate surface area is 95.4 Å². The number of thiol groups is 1. The molecule has 0 fully saturated rings. The zero-order valence-corrected chi connectivity index (χ0v) is 9.54. The number of carbonyl (C=O) groups excluding carboxylic acids is 1. The van der Waals surface area contributed by atoms with Gasteiger partial charge in [-0.1, -0.05) is 36.9 Å². The predicted molar refractivity (Wildman–Crippen MR) is 63.9 cm³/mol. The van der Waals surface area contributed by atoms with Crippen LogP contribution in [0.5, 0.6) is 0 Å². The lowest BCUT2D eigenvalue weighted by Gasteiger charge is -2.11. The molecule has 1 atom stereocenters. The van der Waals surface area contributed by atoms with Crippen LogP contribution in [0.25, 0.3) is 0 Å². The molecule has 1 rings (SSSR count). The minimum atomic E-state index is -0.370. The van der Waals surface area contributed by atoms with Crippen molar-refractivity contribution in [2.45, 2.75) is 12.2 Å². The molecule has 0 saturated carbocycles. The van der Waals surface area contributed by atoms with Gasteiger partial charge in [0.1, 0.15) is 6.61 Å². The summed E-state index contributed by atoms with van der Waals surface area (Å²) < 4.78 is 5.00. The van der Waals surface area contributed by atoms with E-state index < -0.39 is 0 Å². The Morgan fingerprint density at radius 3 is 2.60 bits per heavy atom. The molecule has 0 N–H and O–H groups in total. The lowest BCUT2D eigenvalue weighted by Crippen LogP contribution is -2.09. The average Bonchev–Trinajstić information content (AvgIpc) is 2.26. The Hall–Kier alpha value is -1.22. The Kier molecular flexibility index (Phi) is 4.43. The van der Waals surface area contributed by atoms with Gasteiger partial charge in [0.15, 0.2) is 0 Å². The average molecular weight is 222 g/mol. The third-order valence-electron chi connectivity index (χ3n) is 1.91. The summed E-state index contributed by atoms with van der Waals surface area (Å²) in [4.78, 5) is 11.1. The highest BCUT2D eigenvalue weighted by Gasteiger charge is 2.09. The van der Waals surface area contributed by atoms with Crippen LogP contribution in [-0.2, 0) is 9.53 Å². The van der Waals surface area contributed by atoms with Gasteiger partial charge in [-0.3, -0.25) is 0 Å². The molecule has 0 aliphatic heterocycles. The summed E-state index contributed by atoms with van der Waals surface area (Å²) in [7, 11) is 0. The fourth-order valence-corrected chi connectivity index (χ4v) is 1.30. The number of benzene rings is 1. The van der Waals surface area contributed by atoms with Crippen molar-refractivity contribution in [3.8, 4) is 0 Å². The van der Waals surface area contributed by atoms with Crippen molar-refractivity contribution < 1.29 is 9.53 Å². The highest BCUT2D eigenvalue weighted by Crippen LogP contribution is 2.19. The topological polar surface area (TPSA) is 26.3 Å². The first kappa shape index (κ1) is 11.9. The number of ether oxygens (including phenoxy) is 1. The molecule has 0 heterocycles. The summed E-state index contributed by atoms with van der Waals surface area (Å²) in [6.45, 7) is 5.39. The van der Waals surface area contributed by atoms with Gasteiger partial charge in [-0.2, -0.15) is 12.6 Å². The van der Waals surface area contributed by atoms with Gasteiger partial charge in [-0.25, -0.2) is 4.79 Å². The van der Waals surface area contributed by atoms with Crippen LogP contribution in [-0.4, -0.2) is 12.6 Å². The van der Waals surface area contributed by atoms with Crippen LogP contribution in [0.15, 0.2) is 42.5 Å². The van der Waals surface area contributed by atoms with Gasteiger partial charge in [0, 0.05) is 5.57 Å². The van der Waals surface area contributed by atoms with Gasteiger partial charge in [-0.15, -0.1) is 0 Å². The molecule has 0 saturated heterocycles. The number of hydrogen-bond acceptors (Lipinski definition) is 3. The van der Waals surface area contributed by atoms with E-state index in [4.69, 9.17) is 4.74 Å². The Bertz CT molecular complexity index is 346. The van der Waals surface area contributed by atoms with E-state index in [1.807, 2.05) is 30.3 Å². The first-order chi connectivity index (χ1) is 7.11. The lowest BCUT2D eigenvalue weighted by molar-refractivity contribution is -0.138. The van der Waals surface area contributed by atoms with E-state index in [0.29, 0.717) is 5.57 Å². The number of rotatable bonds is 4. The first-order valence-corrected chi connectivity index (χ1v) is 5.18. The van der Waals surface area contributed by atoms with Crippen molar-refractivity contribution in [1.29, 1.82) is 0 Å². The van der Waals surface area contributed by atoms with Gasteiger partial charge in [-0.05, 0) is 12.5 Å². The molecule has 0 aliphatic carbocycles. The van der Waals surface area contributed by atoms with Crippen molar-refractivity contribution in [2.75, 3.05) is 6.61 Å². The van der Waals surface area contributed by atoms with E-state index in [1.165, 1.54) is 0 Å². The summed E-state index contributed by atoms with van der Waals surface area (Å²) in [6.07, 6.45) is 0. The summed E-state index contributed by atoms with van der Waals surface area (Å²) in [5.74, 6) is -0.370. The van der Waals surface area contributed by atoms with E-state index in [-0.39, 0.29) is 17.8 Å². The van der Waals surface area contributed by atoms with Crippen molar-refractivity contribution >= 4 is 18.6 Å². The SMILES string of the molecule is C=C(C)C(=O)OCC(S)c1ccccc1. The summed E-state index contributed by atoms with van der Waals surface area (Å²) >= 11 is 4.36. The van der Waals surface area contributed by atoms with Gasteiger partial charge in [0.25, 0.3) is 0 Å². The molecule has 0 amide bonds. The van der Waals surface area contributed by atoms with E-state index >= 15 is 0 Å². The van der Waals surface area contributed by atoms with Crippen molar-refractivity contribution in [3.63, 3.8) is 0 Å². The fraction of sp³-hybridized carbons (Fsp3) is 0.250. The highest BCUT2D eigenvalue weighted by atomic mass is 32.1. The molecule has 0 radical (unpaired) electrons. The molecular formula is C12H14O2S. The monoisotopic (exact) mass is 222 g/mol. The Morgan fingerprint density at radius 2 is 2.07 bits per heavy atom. The molecule has 1 aromatic carbocycles. The minimum absolute atomic E-state index is 0.0884. The molecule has 2 nitrogen and oxygen atoms in total. The Morgan fingerprint density at radius 1 is 1.47 bits per heavy atom. The first-order valence-electron chi connectivity index (χ1n) is 4.67. The predicted octanol–water partition coefficient (Wildman–Crippen LogP) is 2.78. The maximum absolute atomic E-state index is 11.1. The molecule has 0 bridgehead atoms.